The van der Waals surface area contributed by atoms with E-state index in [-0.39, 0.29) is 0 Å². The second-order valence-electron chi connectivity index (χ2n) is 4.99. The number of benzene rings is 1. The molecule has 3 rings (SSSR count). The fraction of sp³-hybridized carbons (Fsp3) is 0.467. The summed E-state index contributed by atoms with van der Waals surface area (Å²) >= 11 is 0. The van der Waals surface area contributed by atoms with E-state index in [2.05, 4.69) is 24.3 Å². The zero-order valence-corrected chi connectivity index (χ0v) is 9.58. The highest BCUT2D eigenvalue weighted by atomic mass is 16.3. The van der Waals surface area contributed by atoms with Gasteiger partial charge in [-0.25, -0.2) is 0 Å². The van der Waals surface area contributed by atoms with Gasteiger partial charge in [-0.2, -0.15) is 0 Å². The predicted molar refractivity (Wildman–Crippen MR) is 65.2 cm³/mol. The molecule has 2 aliphatic rings. The van der Waals surface area contributed by atoms with Crippen LogP contribution in [0.1, 0.15) is 43.2 Å². The second-order valence-corrected chi connectivity index (χ2v) is 4.99. The van der Waals surface area contributed by atoms with Crippen molar-refractivity contribution >= 4 is 0 Å². The Balaban J connectivity index is 2.04. The van der Waals surface area contributed by atoms with Crippen molar-refractivity contribution in [2.45, 2.75) is 44.1 Å². The molecule has 1 nitrogen and oxygen atoms in total. The summed E-state index contributed by atoms with van der Waals surface area (Å²) < 4.78 is 0. The lowest BCUT2D eigenvalue weighted by Gasteiger charge is -2.29. The van der Waals surface area contributed by atoms with Crippen LogP contribution in [0.2, 0.25) is 0 Å². The van der Waals surface area contributed by atoms with Crippen molar-refractivity contribution in [3.05, 3.63) is 47.0 Å². The topological polar surface area (TPSA) is 20.2 Å². The summed E-state index contributed by atoms with van der Waals surface area (Å²) in [7, 11) is 0. The van der Waals surface area contributed by atoms with Crippen molar-refractivity contribution in [2.75, 3.05) is 0 Å². The van der Waals surface area contributed by atoms with E-state index >= 15 is 0 Å². The van der Waals surface area contributed by atoms with Crippen LogP contribution in [0.15, 0.2) is 35.9 Å². The molecule has 0 amide bonds. The van der Waals surface area contributed by atoms with Gasteiger partial charge in [0.15, 0.2) is 0 Å². The normalized spacial score (nSPS) is 28.7. The average molecular weight is 214 g/mol. The Hall–Kier alpha value is -1.08. The standard InChI is InChI=1S/C15H18O/c16-15(13-7-2-1-3-8-13)11-10-12-6-4-5-9-14(12)15/h4-7,9,16H,1-3,8,10-11H2. The molecule has 16 heavy (non-hydrogen) atoms. The highest BCUT2D eigenvalue weighted by Crippen LogP contribution is 2.44. The third-order valence-electron chi connectivity index (χ3n) is 4.04. The Kier molecular flexibility index (Phi) is 2.36. The smallest absolute Gasteiger partial charge is 0.111 e. The summed E-state index contributed by atoms with van der Waals surface area (Å²) in [6.45, 7) is 0. The van der Waals surface area contributed by atoms with Crippen LogP contribution in [0.3, 0.4) is 0 Å². The molecule has 0 saturated heterocycles. The fourth-order valence-corrected chi connectivity index (χ4v) is 3.14. The van der Waals surface area contributed by atoms with Gasteiger partial charge in [0.1, 0.15) is 5.60 Å². The minimum atomic E-state index is -0.642. The molecule has 1 heteroatoms. The second kappa shape index (κ2) is 3.74. The lowest BCUT2D eigenvalue weighted by Crippen LogP contribution is -2.26. The first-order valence-electron chi connectivity index (χ1n) is 6.31. The molecule has 1 atom stereocenters. The fourth-order valence-electron chi connectivity index (χ4n) is 3.14. The molecular weight excluding hydrogens is 196 g/mol. The molecular formula is C15H18O. The third-order valence-corrected chi connectivity index (χ3v) is 4.04. The van der Waals surface area contributed by atoms with Crippen molar-refractivity contribution in [3.63, 3.8) is 0 Å². The van der Waals surface area contributed by atoms with Crippen molar-refractivity contribution in [3.8, 4) is 0 Å². The van der Waals surface area contributed by atoms with Gasteiger partial charge in [0.2, 0.25) is 0 Å². The quantitative estimate of drug-likeness (QED) is 0.711. The van der Waals surface area contributed by atoms with Crippen LogP contribution >= 0.6 is 0 Å². The molecule has 0 radical (unpaired) electrons. The van der Waals surface area contributed by atoms with Crippen LogP contribution < -0.4 is 0 Å². The molecule has 2 aliphatic carbocycles. The molecule has 84 valence electrons. The first-order chi connectivity index (χ1) is 7.81. The predicted octanol–water partition coefficient (Wildman–Crippen LogP) is 3.32. The molecule has 1 aromatic rings. The van der Waals surface area contributed by atoms with Gasteiger partial charge >= 0.3 is 0 Å². The zero-order chi connectivity index (χ0) is 11.0. The maximum atomic E-state index is 10.9. The van der Waals surface area contributed by atoms with Gasteiger partial charge in [0.25, 0.3) is 0 Å². The first-order valence-corrected chi connectivity index (χ1v) is 6.31. The van der Waals surface area contributed by atoms with Gasteiger partial charge in [-0.05, 0) is 55.2 Å². The molecule has 0 bridgehead atoms. The highest BCUT2D eigenvalue weighted by Gasteiger charge is 2.39. The summed E-state index contributed by atoms with van der Waals surface area (Å²) in [4.78, 5) is 0. The molecule has 0 heterocycles. The maximum Gasteiger partial charge on any atom is 0.111 e. The third kappa shape index (κ3) is 1.42. The van der Waals surface area contributed by atoms with Gasteiger partial charge in [-0.1, -0.05) is 30.3 Å². The molecule has 0 aromatic heterocycles. The van der Waals surface area contributed by atoms with Crippen LogP contribution in [-0.2, 0) is 12.0 Å². The summed E-state index contributed by atoms with van der Waals surface area (Å²) in [5.41, 5.74) is 3.11. The summed E-state index contributed by atoms with van der Waals surface area (Å²) in [5.74, 6) is 0. The van der Waals surface area contributed by atoms with Crippen LogP contribution in [0, 0.1) is 0 Å². The van der Waals surface area contributed by atoms with Crippen molar-refractivity contribution in [2.24, 2.45) is 0 Å². The molecule has 0 fully saturated rings. The average Bonchev–Trinajstić information content (AvgIpc) is 2.71. The number of aryl methyl sites for hydroxylation is 1. The maximum absolute atomic E-state index is 10.9. The summed E-state index contributed by atoms with van der Waals surface area (Å²) in [6.07, 6.45) is 8.88. The number of hydrogen-bond acceptors (Lipinski definition) is 1. The van der Waals surface area contributed by atoms with E-state index < -0.39 is 5.60 Å². The summed E-state index contributed by atoms with van der Waals surface area (Å²) in [5, 5.41) is 10.9. The first kappa shape index (κ1) is 10.1. The molecule has 0 saturated carbocycles. The van der Waals surface area contributed by atoms with E-state index in [4.69, 9.17) is 0 Å². The Morgan fingerprint density at radius 3 is 2.75 bits per heavy atom. The minimum Gasteiger partial charge on any atom is -0.381 e. The number of rotatable bonds is 1. The van der Waals surface area contributed by atoms with Crippen LogP contribution in [0.5, 0.6) is 0 Å². The van der Waals surface area contributed by atoms with E-state index in [0.29, 0.717) is 0 Å². The van der Waals surface area contributed by atoms with Crippen molar-refractivity contribution in [1.82, 2.24) is 0 Å². The van der Waals surface area contributed by atoms with Crippen LogP contribution in [-0.4, -0.2) is 5.11 Å². The lowest BCUT2D eigenvalue weighted by molar-refractivity contribution is 0.0726. The number of hydrogen-bond donors (Lipinski definition) is 1. The van der Waals surface area contributed by atoms with Gasteiger partial charge in [0, 0.05) is 0 Å². The summed E-state index contributed by atoms with van der Waals surface area (Å²) in [6, 6.07) is 8.35. The Labute approximate surface area is 96.8 Å². The Morgan fingerprint density at radius 2 is 1.94 bits per heavy atom. The minimum absolute atomic E-state index is 0.642. The van der Waals surface area contributed by atoms with Gasteiger partial charge < -0.3 is 5.11 Å². The SMILES string of the molecule is OC1(C2=CCCCC2)CCc2ccccc21. The Bertz CT molecular complexity index is 433. The molecule has 1 aromatic carbocycles. The van der Waals surface area contributed by atoms with Crippen molar-refractivity contribution < 1.29 is 5.11 Å². The van der Waals surface area contributed by atoms with E-state index in [1.54, 1.807) is 0 Å². The number of fused-ring (bicyclic) bond motifs is 1. The van der Waals surface area contributed by atoms with Crippen molar-refractivity contribution in [1.29, 1.82) is 0 Å². The van der Waals surface area contributed by atoms with E-state index in [9.17, 15) is 5.11 Å². The molecule has 0 spiro atoms. The van der Waals surface area contributed by atoms with E-state index in [1.807, 2.05) is 6.07 Å². The molecule has 1 N–H and O–H groups in total. The van der Waals surface area contributed by atoms with E-state index in [1.165, 1.54) is 24.0 Å². The lowest BCUT2D eigenvalue weighted by atomic mass is 9.81. The number of aliphatic hydroxyl groups is 1. The number of allylic oxidation sites excluding steroid dienone is 1. The van der Waals surface area contributed by atoms with Gasteiger partial charge in [-0.3, -0.25) is 0 Å². The van der Waals surface area contributed by atoms with E-state index in [0.717, 1.165) is 31.2 Å². The highest BCUT2D eigenvalue weighted by molar-refractivity contribution is 5.43. The van der Waals surface area contributed by atoms with Crippen LogP contribution in [0.25, 0.3) is 0 Å². The largest absolute Gasteiger partial charge is 0.381 e. The van der Waals surface area contributed by atoms with Gasteiger partial charge in [0.05, 0.1) is 0 Å². The van der Waals surface area contributed by atoms with Crippen LogP contribution in [0.4, 0.5) is 0 Å². The van der Waals surface area contributed by atoms with Gasteiger partial charge in [-0.15, -0.1) is 0 Å². The monoisotopic (exact) mass is 214 g/mol. The zero-order valence-electron chi connectivity index (χ0n) is 9.58. The molecule has 1 unspecified atom stereocenters. The Morgan fingerprint density at radius 1 is 1.06 bits per heavy atom. The molecule has 0 aliphatic heterocycles.